The number of aliphatic hydroxyl groups is 1. The fourth-order valence-electron chi connectivity index (χ4n) is 3.14. The molecule has 2 atom stereocenters. The van der Waals surface area contributed by atoms with Gasteiger partial charge in [-0.05, 0) is 36.1 Å². The fourth-order valence-corrected chi connectivity index (χ4v) is 3.14. The van der Waals surface area contributed by atoms with E-state index in [1.807, 2.05) is 36.1 Å². The van der Waals surface area contributed by atoms with Crippen molar-refractivity contribution in [3.05, 3.63) is 53.2 Å². The molecule has 0 bridgehead atoms. The summed E-state index contributed by atoms with van der Waals surface area (Å²) in [6.07, 6.45) is -0.309. The van der Waals surface area contributed by atoms with Crippen molar-refractivity contribution in [1.82, 2.24) is 15.5 Å². The SMILES string of the molecule is Cc1ccc(N2C[C@@H](O)[C@H](NC(=O)Cc3ccc(C(C)C)cc3)C2)nn1. The van der Waals surface area contributed by atoms with E-state index in [-0.39, 0.29) is 11.9 Å². The molecule has 0 saturated carbocycles. The maximum Gasteiger partial charge on any atom is 0.224 e. The number of carbonyl (C=O) groups is 1. The molecule has 1 fully saturated rings. The summed E-state index contributed by atoms with van der Waals surface area (Å²) >= 11 is 0. The Hall–Kier alpha value is -2.47. The predicted molar refractivity (Wildman–Crippen MR) is 101 cm³/mol. The minimum absolute atomic E-state index is 0.0804. The molecule has 2 N–H and O–H groups in total. The second kappa shape index (κ2) is 7.83. The van der Waals surface area contributed by atoms with Crippen molar-refractivity contribution in [2.24, 2.45) is 0 Å². The number of β-amino-alcohol motifs (C(OH)–C–C–N with tert-alkyl or cyclic N) is 1. The van der Waals surface area contributed by atoms with Crippen LogP contribution in [-0.2, 0) is 11.2 Å². The molecule has 0 unspecified atom stereocenters. The highest BCUT2D eigenvalue weighted by Gasteiger charge is 2.33. The van der Waals surface area contributed by atoms with E-state index in [1.54, 1.807) is 0 Å². The maximum absolute atomic E-state index is 12.4. The van der Waals surface area contributed by atoms with E-state index < -0.39 is 6.10 Å². The van der Waals surface area contributed by atoms with Crippen LogP contribution in [0.1, 0.15) is 36.6 Å². The van der Waals surface area contributed by atoms with Crippen LogP contribution < -0.4 is 10.2 Å². The molecule has 138 valence electrons. The number of benzene rings is 1. The zero-order valence-corrected chi connectivity index (χ0v) is 15.5. The first kappa shape index (κ1) is 18.3. The van der Waals surface area contributed by atoms with Crippen molar-refractivity contribution in [2.45, 2.75) is 45.3 Å². The Labute approximate surface area is 154 Å². The summed E-state index contributed by atoms with van der Waals surface area (Å²) < 4.78 is 0. The van der Waals surface area contributed by atoms with Gasteiger partial charge in [0.15, 0.2) is 5.82 Å². The van der Waals surface area contributed by atoms with Gasteiger partial charge < -0.3 is 15.3 Å². The van der Waals surface area contributed by atoms with Gasteiger partial charge in [-0.25, -0.2) is 0 Å². The highest BCUT2D eigenvalue weighted by Crippen LogP contribution is 2.18. The van der Waals surface area contributed by atoms with Gasteiger partial charge in [0.25, 0.3) is 0 Å². The third-order valence-electron chi connectivity index (χ3n) is 4.75. The zero-order chi connectivity index (χ0) is 18.7. The predicted octanol–water partition coefficient (Wildman–Crippen LogP) is 1.82. The summed E-state index contributed by atoms with van der Waals surface area (Å²) in [5.41, 5.74) is 3.08. The first-order valence-electron chi connectivity index (χ1n) is 9.04. The third kappa shape index (κ3) is 4.38. The second-order valence-corrected chi connectivity index (χ2v) is 7.25. The van der Waals surface area contributed by atoms with Crippen LogP contribution in [0.3, 0.4) is 0 Å². The number of amides is 1. The number of nitrogens with one attached hydrogen (secondary N) is 1. The van der Waals surface area contributed by atoms with E-state index >= 15 is 0 Å². The van der Waals surface area contributed by atoms with Gasteiger partial charge in [-0.15, -0.1) is 5.10 Å². The molecule has 1 aliphatic rings. The number of nitrogens with zero attached hydrogens (tertiary/aromatic N) is 3. The van der Waals surface area contributed by atoms with Crippen LogP contribution in [0.4, 0.5) is 5.82 Å². The van der Waals surface area contributed by atoms with Crippen molar-refractivity contribution in [3.8, 4) is 0 Å². The van der Waals surface area contributed by atoms with Crippen molar-refractivity contribution >= 4 is 11.7 Å². The van der Waals surface area contributed by atoms with Crippen LogP contribution >= 0.6 is 0 Å². The normalized spacial score (nSPS) is 19.8. The molecule has 1 saturated heterocycles. The van der Waals surface area contributed by atoms with Crippen LogP contribution in [0.25, 0.3) is 0 Å². The van der Waals surface area contributed by atoms with Gasteiger partial charge in [0.2, 0.25) is 5.91 Å². The quantitative estimate of drug-likeness (QED) is 0.856. The molecule has 1 amide bonds. The lowest BCUT2D eigenvalue weighted by Gasteiger charge is -2.17. The van der Waals surface area contributed by atoms with Crippen LogP contribution in [0.15, 0.2) is 36.4 Å². The minimum Gasteiger partial charge on any atom is -0.389 e. The molecule has 6 heteroatoms. The number of carbonyl (C=O) groups excluding carboxylic acids is 1. The first-order chi connectivity index (χ1) is 12.4. The summed E-state index contributed by atoms with van der Waals surface area (Å²) in [4.78, 5) is 14.3. The van der Waals surface area contributed by atoms with Gasteiger partial charge in [-0.3, -0.25) is 4.79 Å². The lowest BCUT2D eigenvalue weighted by Crippen LogP contribution is -2.43. The molecule has 1 aromatic carbocycles. The Morgan fingerprint density at radius 3 is 2.54 bits per heavy atom. The van der Waals surface area contributed by atoms with Gasteiger partial charge in [0, 0.05) is 13.1 Å². The van der Waals surface area contributed by atoms with Crippen LogP contribution in [0.5, 0.6) is 0 Å². The average molecular weight is 354 g/mol. The number of hydrogen-bond donors (Lipinski definition) is 2. The lowest BCUT2D eigenvalue weighted by atomic mass is 10.0. The van der Waals surface area contributed by atoms with Crippen molar-refractivity contribution < 1.29 is 9.90 Å². The summed E-state index contributed by atoms with van der Waals surface area (Å²) in [7, 11) is 0. The maximum atomic E-state index is 12.4. The van der Waals surface area contributed by atoms with E-state index in [9.17, 15) is 9.90 Å². The topological polar surface area (TPSA) is 78.4 Å². The Balaban J connectivity index is 1.56. The molecule has 6 nitrogen and oxygen atoms in total. The largest absolute Gasteiger partial charge is 0.389 e. The molecule has 0 radical (unpaired) electrons. The van der Waals surface area contributed by atoms with Gasteiger partial charge >= 0.3 is 0 Å². The van der Waals surface area contributed by atoms with Gasteiger partial charge in [0.1, 0.15) is 0 Å². The Morgan fingerprint density at radius 2 is 1.92 bits per heavy atom. The number of aromatic nitrogens is 2. The Bertz CT molecular complexity index is 743. The number of hydrogen-bond acceptors (Lipinski definition) is 5. The van der Waals surface area contributed by atoms with Crippen molar-refractivity contribution in [3.63, 3.8) is 0 Å². The van der Waals surface area contributed by atoms with E-state index in [0.717, 1.165) is 17.1 Å². The molecule has 1 aromatic heterocycles. The number of rotatable bonds is 5. The molecule has 2 heterocycles. The molecule has 3 rings (SSSR count). The molecular formula is C20H26N4O2. The number of anilines is 1. The molecular weight excluding hydrogens is 328 g/mol. The van der Waals surface area contributed by atoms with E-state index in [2.05, 4.69) is 41.5 Å². The average Bonchev–Trinajstić information content (AvgIpc) is 2.96. The molecule has 0 spiro atoms. The third-order valence-corrected chi connectivity index (χ3v) is 4.75. The van der Waals surface area contributed by atoms with Gasteiger partial charge in [-0.2, -0.15) is 5.10 Å². The molecule has 2 aromatic rings. The highest BCUT2D eigenvalue weighted by atomic mass is 16.3. The van der Waals surface area contributed by atoms with E-state index in [0.29, 0.717) is 25.4 Å². The van der Waals surface area contributed by atoms with Crippen molar-refractivity contribution in [1.29, 1.82) is 0 Å². The minimum atomic E-state index is -0.620. The first-order valence-corrected chi connectivity index (χ1v) is 9.04. The van der Waals surface area contributed by atoms with Crippen LogP contribution in [0, 0.1) is 6.92 Å². The molecule has 1 aliphatic heterocycles. The standard InChI is InChI=1S/C20H26N4O2/c1-13(2)16-7-5-15(6-8-16)10-20(26)21-17-11-24(12-18(17)25)19-9-4-14(3)22-23-19/h4-9,13,17-18,25H,10-12H2,1-3H3,(H,21,26)/t17-,18-/m1/s1. The van der Waals surface area contributed by atoms with Crippen LogP contribution in [0.2, 0.25) is 0 Å². The number of aryl methyl sites for hydroxylation is 1. The zero-order valence-electron chi connectivity index (χ0n) is 15.5. The van der Waals surface area contributed by atoms with E-state index in [4.69, 9.17) is 0 Å². The molecule has 0 aliphatic carbocycles. The van der Waals surface area contributed by atoms with Gasteiger partial charge in [0.05, 0.1) is 24.3 Å². The summed E-state index contributed by atoms with van der Waals surface area (Å²) in [6.45, 7) is 7.13. The fraction of sp³-hybridized carbons (Fsp3) is 0.450. The molecule has 26 heavy (non-hydrogen) atoms. The van der Waals surface area contributed by atoms with Crippen LogP contribution in [-0.4, -0.2) is 46.4 Å². The second-order valence-electron chi connectivity index (χ2n) is 7.25. The summed E-state index contributed by atoms with van der Waals surface area (Å²) in [5.74, 6) is 1.11. The van der Waals surface area contributed by atoms with Gasteiger partial charge in [-0.1, -0.05) is 38.1 Å². The summed E-state index contributed by atoms with van der Waals surface area (Å²) in [5, 5.41) is 21.4. The van der Waals surface area contributed by atoms with Crippen molar-refractivity contribution in [2.75, 3.05) is 18.0 Å². The lowest BCUT2D eigenvalue weighted by molar-refractivity contribution is -0.121. The Kier molecular flexibility index (Phi) is 5.52. The Morgan fingerprint density at radius 1 is 1.19 bits per heavy atom. The monoisotopic (exact) mass is 354 g/mol. The summed E-state index contributed by atoms with van der Waals surface area (Å²) in [6, 6.07) is 11.6. The number of aliphatic hydroxyl groups excluding tert-OH is 1. The highest BCUT2D eigenvalue weighted by molar-refractivity contribution is 5.79. The van der Waals surface area contributed by atoms with E-state index in [1.165, 1.54) is 5.56 Å². The smallest absolute Gasteiger partial charge is 0.224 e.